The predicted octanol–water partition coefficient (Wildman–Crippen LogP) is 3.24. The van der Waals surface area contributed by atoms with Gasteiger partial charge in [-0.3, -0.25) is 9.59 Å². The molecule has 0 bridgehead atoms. The molecule has 3 rings (SSSR count). The Hall–Kier alpha value is -3.56. The summed E-state index contributed by atoms with van der Waals surface area (Å²) in [5, 5.41) is 9.84. The van der Waals surface area contributed by atoms with Crippen LogP contribution in [0, 0.1) is 19.3 Å². The predicted molar refractivity (Wildman–Crippen MR) is 113 cm³/mol. The maximum Gasteiger partial charge on any atom is 0.256 e. The molecule has 0 aliphatic carbocycles. The summed E-state index contributed by atoms with van der Waals surface area (Å²) in [7, 11) is 0. The van der Waals surface area contributed by atoms with Gasteiger partial charge >= 0.3 is 0 Å². The van der Waals surface area contributed by atoms with Crippen LogP contribution in [0.25, 0.3) is 0 Å². The summed E-state index contributed by atoms with van der Waals surface area (Å²) in [6.07, 6.45) is 5.35. The van der Waals surface area contributed by atoms with Gasteiger partial charge in [-0.25, -0.2) is 4.68 Å². The molecule has 0 saturated heterocycles. The van der Waals surface area contributed by atoms with Gasteiger partial charge in [0, 0.05) is 11.3 Å². The van der Waals surface area contributed by atoms with Gasteiger partial charge in [0.25, 0.3) is 5.91 Å². The van der Waals surface area contributed by atoms with Crippen LogP contribution in [0.2, 0.25) is 5.15 Å². The molecule has 2 amide bonds. The largest absolute Gasteiger partial charge is 0.343 e. The summed E-state index contributed by atoms with van der Waals surface area (Å²) < 4.78 is 1.56. The molecular formula is C22H19ClN4O2. The lowest BCUT2D eigenvalue weighted by Crippen LogP contribution is -2.33. The maximum absolute atomic E-state index is 12.6. The zero-order chi connectivity index (χ0) is 20.8. The molecule has 0 aliphatic rings. The first-order valence-corrected chi connectivity index (χ1v) is 9.27. The van der Waals surface area contributed by atoms with E-state index in [1.165, 1.54) is 0 Å². The molecular weight excluding hydrogens is 388 g/mol. The topological polar surface area (TPSA) is 76.0 Å². The van der Waals surface area contributed by atoms with Crippen LogP contribution in [0.15, 0.2) is 54.6 Å². The van der Waals surface area contributed by atoms with Crippen LogP contribution in [0.1, 0.15) is 27.2 Å². The van der Waals surface area contributed by atoms with Crippen LogP contribution in [-0.2, 0) is 11.3 Å². The second-order valence-electron chi connectivity index (χ2n) is 6.35. The van der Waals surface area contributed by atoms with Crippen molar-refractivity contribution in [3.05, 3.63) is 82.1 Å². The zero-order valence-corrected chi connectivity index (χ0v) is 16.5. The maximum atomic E-state index is 12.6. The standard InChI is InChI=1S/C22H19ClN4O2/c1-3-16-10-7-11-18(12-16)25-19(28)13-24-22(29)20-15(2)26-27(21(20)23)14-17-8-5-4-6-9-17/h1,4-12H,13-14H2,2H3,(H,24,29)(H,25,28). The van der Waals surface area contributed by atoms with Crippen molar-refractivity contribution in [3.63, 3.8) is 0 Å². The Labute approximate surface area is 173 Å². The van der Waals surface area contributed by atoms with Crippen LogP contribution >= 0.6 is 11.6 Å². The third-order valence-electron chi connectivity index (χ3n) is 4.19. The number of aryl methyl sites for hydroxylation is 1. The van der Waals surface area contributed by atoms with E-state index in [0.29, 0.717) is 23.5 Å². The fraction of sp³-hybridized carbons (Fsp3) is 0.136. The molecule has 6 nitrogen and oxygen atoms in total. The molecule has 7 heteroatoms. The molecule has 3 aromatic rings. The molecule has 1 heterocycles. The number of aromatic nitrogens is 2. The minimum absolute atomic E-state index is 0.210. The normalized spacial score (nSPS) is 10.2. The van der Waals surface area contributed by atoms with Gasteiger partial charge in [-0.2, -0.15) is 5.10 Å². The van der Waals surface area contributed by atoms with E-state index in [0.717, 1.165) is 5.56 Å². The van der Waals surface area contributed by atoms with Gasteiger partial charge in [-0.1, -0.05) is 53.9 Å². The Morgan fingerprint density at radius 3 is 2.66 bits per heavy atom. The smallest absolute Gasteiger partial charge is 0.256 e. The van der Waals surface area contributed by atoms with Crippen molar-refractivity contribution < 1.29 is 9.59 Å². The van der Waals surface area contributed by atoms with Gasteiger partial charge in [-0.05, 0) is 30.7 Å². The van der Waals surface area contributed by atoms with Gasteiger partial charge in [0.15, 0.2) is 0 Å². The SMILES string of the molecule is C#Cc1cccc(NC(=O)CNC(=O)c2c(C)nn(Cc3ccccc3)c2Cl)c1. The van der Waals surface area contributed by atoms with E-state index in [-0.39, 0.29) is 23.2 Å². The van der Waals surface area contributed by atoms with Crippen LogP contribution in [0.3, 0.4) is 0 Å². The summed E-state index contributed by atoms with van der Waals surface area (Å²) in [5.74, 6) is 1.66. The van der Waals surface area contributed by atoms with Crippen LogP contribution in [0.5, 0.6) is 0 Å². The molecule has 146 valence electrons. The summed E-state index contributed by atoms with van der Waals surface area (Å²) in [5.41, 5.74) is 2.97. The Morgan fingerprint density at radius 1 is 1.17 bits per heavy atom. The number of rotatable bonds is 6. The first-order chi connectivity index (χ1) is 14.0. The average Bonchev–Trinajstić information content (AvgIpc) is 3.00. The van der Waals surface area contributed by atoms with Crippen molar-refractivity contribution in [2.75, 3.05) is 11.9 Å². The van der Waals surface area contributed by atoms with Crippen molar-refractivity contribution in [3.8, 4) is 12.3 Å². The Balaban J connectivity index is 1.63. The van der Waals surface area contributed by atoms with E-state index in [4.69, 9.17) is 18.0 Å². The van der Waals surface area contributed by atoms with Gasteiger partial charge in [0.1, 0.15) is 5.15 Å². The van der Waals surface area contributed by atoms with Crippen molar-refractivity contribution in [1.29, 1.82) is 0 Å². The van der Waals surface area contributed by atoms with E-state index < -0.39 is 5.91 Å². The highest BCUT2D eigenvalue weighted by molar-refractivity contribution is 6.33. The molecule has 0 saturated carbocycles. The monoisotopic (exact) mass is 406 g/mol. The third kappa shape index (κ3) is 5.03. The first-order valence-electron chi connectivity index (χ1n) is 8.89. The molecule has 0 atom stereocenters. The highest BCUT2D eigenvalue weighted by atomic mass is 35.5. The quantitative estimate of drug-likeness (QED) is 0.617. The van der Waals surface area contributed by atoms with E-state index in [1.54, 1.807) is 35.9 Å². The Kier molecular flexibility index (Phi) is 6.32. The summed E-state index contributed by atoms with van der Waals surface area (Å²) in [6.45, 7) is 1.94. The molecule has 0 fully saturated rings. The molecule has 2 aromatic carbocycles. The third-order valence-corrected chi connectivity index (χ3v) is 4.57. The highest BCUT2D eigenvalue weighted by Crippen LogP contribution is 2.21. The van der Waals surface area contributed by atoms with E-state index in [1.807, 2.05) is 30.3 Å². The molecule has 2 N–H and O–H groups in total. The van der Waals surface area contributed by atoms with E-state index >= 15 is 0 Å². The zero-order valence-electron chi connectivity index (χ0n) is 15.8. The Bertz CT molecular complexity index is 1080. The number of hydrogen-bond donors (Lipinski definition) is 2. The number of amides is 2. The van der Waals surface area contributed by atoms with Crippen molar-refractivity contribution in [2.24, 2.45) is 0 Å². The van der Waals surface area contributed by atoms with Crippen molar-refractivity contribution >= 4 is 29.1 Å². The first kappa shape index (κ1) is 20.2. The van der Waals surface area contributed by atoms with Gasteiger partial charge in [-0.15, -0.1) is 6.42 Å². The number of carbonyl (C=O) groups excluding carboxylic acids is 2. The lowest BCUT2D eigenvalue weighted by Gasteiger charge is -2.08. The second-order valence-corrected chi connectivity index (χ2v) is 6.71. The molecule has 29 heavy (non-hydrogen) atoms. The summed E-state index contributed by atoms with van der Waals surface area (Å²) in [6, 6.07) is 16.6. The summed E-state index contributed by atoms with van der Waals surface area (Å²) >= 11 is 6.37. The molecule has 0 spiro atoms. The average molecular weight is 407 g/mol. The number of halogens is 1. The van der Waals surface area contributed by atoms with Gasteiger partial charge in [0.05, 0.1) is 24.3 Å². The molecule has 0 aliphatic heterocycles. The van der Waals surface area contributed by atoms with Gasteiger partial charge in [0.2, 0.25) is 5.91 Å². The summed E-state index contributed by atoms with van der Waals surface area (Å²) in [4.78, 5) is 24.7. The fourth-order valence-corrected chi connectivity index (χ4v) is 3.13. The van der Waals surface area contributed by atoms with Crippen molar-refractivity contribution in [2.45, 2.75) is 13.5 Å². The van der Waals surface area contributed by atoms with Gasteiger partial charge < -0.3 is 10.6 Å². The minimum Gasteiger partial charge on any atom is -0.343 e. The van der Waals surface area contributed by atoms with Crippen LogP contribution in [0.4, 0.5) is 5.69 Å². The minimum atomic E-state index is -0.459. The molecule has 0 unspecified atom stereocenters. The molecule has 0 radical (unpaired) electrons. The van der Waals surface area contributed by atoms with Crippen LogP contribution < -0.4 is 10.6 Å². The number of anilines is 1. The van der Waals surface area contributed by atoms with E-state index in [2.05, 4.69) is 21.7 Å². The molecule has 1 aromatic heterocycles. The second kappa shape index (κ2) is 9.09. The Morgan fingerprint density at radius 2 is 1.93 bits per heavy atom. The number of hydrogen-bond acceptors (Lipinski definition) is 3. The number of carbonyl (C=O) groups is 2. The lowest BCUT2D eigenvalue weighted by molar-refractivity contribution is -0.115. The van der Waals surface area contributed by atoms with Crippen LogP contribution in [-0.4, -0.2) is 28.1 Å². The number of benzene rings is 2. The van der Waals surface area contributed by atoms with Crippen molar-refractivity contribution in [1.82, 2.24) is 15.1 Å². The number of terminal acetylenes is 1. The van der Waals surface area contributed by atoms with E-state index in [9.17, 15) is 9.59 Å². The highest BCUT2D eigenvalue weighted by Gasteiger charge is 2.21. The lowest BCUT2D eigenvalue weighted by atomic mass is 10.2. The number of nitrogens with one attached hydrogen (secondary N) is 2. The number of nitrogens with zero attached hydrogens (tertiary/aromatic N) is 2. The fourth-order valence-electron chi connectivity index (χ4n) is 2.81.